The monoisotopic (exact) mass is 324 g/mol. The number of benzene rings is 1. The van der Waals surface area contributed by atoms with Gasteiger partial charge in [0.1, 0.15) is 10.9 Å². The van der Waals surface area contributed by atoms with E-state index >= 15 is 0 Å². The number of rotatable bonds is 5. The number of carbonyl (C=O) groups is 3. The summed E-state index contributed by atoms with van der Waals surface area (Å²) in [6.07, 6.45) is -0.173. The van der Waals surface area contributed by atoms with Crippen LogP contribution in [0.25, 0.3) is 0 Å². The molecule has 9 heteroatoms. The lowest BCUT2D eigenvalue weighted by atomic mass is 10.2. The first kappa shape index (κ1) is 16.0. The summed E-state index contributed by atoms with van der Waals surface area (Å²) in [6, 6.07) is 5.45. The zero-order chi connectivity index (χ0) is 16.4. The molecule has 2 atom stereocenters. The summed E-state index contributed by atoms with van der Waals surface area (Å²) >= 11 is 0.858. The Morgan fingerprint density at radius 2 is 2.09 bits per heavy atom. The van der Waals surface area contributed by atoms with E-state index in [1.807, 2.05) is 0 Å². The number of aliphatic carboxylic acids is 1. The van der Waals surface area contributed by atoms with E-state index in [0.29, 0.717) is 0 Å². The van der Waals surface area contributed by atoms with E-state index in [-0.39, 0.29) is 17.8 Å². The first-order valence-corrected chi connectivity index (χ1v) is 7.25. The summed E-state index contributed by atoms with van der Waals surface area (Å²) in [5, 5.41) is 18.2. The third-order valence-electron chi connectivity index (χ3n) is 3.14. The molecule has 0 spiro atoms. The van der Waals surface area contributed by atoms with Crippen LogP contribution in [-0.2, 0) is 14.4 Å². The number of nitro benzene ring substituents is 1. The average molecular weight is 324 g/mol. The summed E-state index contributed by atoms with van der Waals surface area (Å²) in [5.41, 5.74) is -0.435. The highest BCUT2D eigenvalue weighted by Crippen LogP contribution is 2.36. The molecule has 1 aromatic rings. The highest BCUT2D eigenvalue weighted by molar-refractivity contribution is 8.01. The van der Waals surface area contributed by atoms with Crippen molar-refractivity contribution in [2.45, 2.75) is 23.8 Å². The zero-order valence-corrected chi connectivity index (χ0v) is 12.3. The molecule has 1 fully saturated rings. The number of anilines is 1. The fourth-order valence-corrected chi connectivity index (χ4v) is 3.15. The van der Waals surface area contributed by atoms with Gasteiger partial charge < -0.3 is 5.11 Å². The van der Waals surface area contributed by atoms with Crippen LogP contribution in [0.5, 0.6) is 0 Å². The molecule has 2 unspecified atom stereocenters. The minimum Gasteiger partial charge on any atom is -0.480 e. The van der Waals surface area contributed by atoms with Crippen LogP contribution >= 0.6 is 11.8 Å². The molecule has 1 heterocycles. The highest BCUT2D eigenvalue weighted by Gasteiger charge is 2.43. The summed E-state index contributed by atoms with van der Waals surface area (Å²) in [5.74, 6) is -2.29. The van der Waals surface area contributed by atoms with Crippen LogP contribution < -0.4 is 4.90 Å². The van der Waals surface area contributed by atoms with Crippen molar-refractivity contribution in [3.05, 3.63) is 34.4 Å². The number of para-hydroxylation sites is 2. The quantitative estimate of drug-likeness (QED) is 0.494. The molecule has 1 saturated heterocycles. The normalized spacial score (nSPS) is 19.3. The number of hydrogen-bond donors (Lipinski definition) is 1. The van der Waals surface area contributed by atoms with E-state index < -0.39 is 33.2 Å². The predicted octanol–water partition coefficient (Wildman–Crippen LogP) is 1.43. The van der Waals surface area contributed by atoms with Crippen molar-refractivity contribution in [2.75, 3.05) is 4.90 Å². The van der Waals surface area contributed by atoms with E-state index in [0.717, 1.165) is 16.7 Å². The van der Waals surface area contributed by atoms with Gasteiger partial charge in [-0.05, 0) is 13.0 Å². The number of hydrogen-bond acceptors (Lipinski definition) is 6. The predicted molar refractivity (Wildman–Crippen MR) is 78.7 cm³/mol. The number of carbonyl (C=O) groups excluding carboxylic acids is 2. The Hall–Kier alpha value is -2.42. The smallest absolute Gasteiger partial charge is 0.316 e. The van der Waals surface area contributed by atoms with Crippen LogP contribution in [0.15, 0.2) is 24.3 Å². The second kappa shape index (κ2) is 6.14. The molecule has 0 saturated carbocycles. The number of thioether (sulfide) groups is 1. The number of nitrogens with zero attached hydrogens (tertiary/aromatic N) is 2. The summed E-state index contributed by atoms with van der Waals surface area (Å²) in [6.45, 7) is 1.42. The van der Waals surface area contributed by atoms with Gasteiger partial charge in [0.05, 0.1) is 10.2 Å². The van der Waals surface area contributed by atoms with Crippen LogP contribution in [0.3, 0.4) is 0 Å². The third-order valence-corrected chi connectivity index (χ3v) is 4.45. The Morgan fingerprint density at radius 3 is 2.68 bits per heavy atom. The molecule has 1 aliphatic heterocycles. The van der Waals surface area contributed by atoms with Gasteiger partial charge in [-0.3, -0.25) is 24.5 Å². The zero-order valence-electron chi connectivity index (χ0n) is 11.5. The molecule has 22 heavy (non-hydrogen) atoms. The Morgan fingerprint density at radius 1 is 1.45 bits per heavy atom. The Bertz CT molecular complexity index is 662. The number of nitro groups is 1. The van der Waals surface area contributed by atoms with Crippen LogP contribution in [0.2, 0.25) is 0 Å². The van der Waals surface area contributed by atoms with E-state index in [9.17, 15) is 24.5 Å². The second-order valence-electron chi connectivity index (χ2n) is 4.62. The lowest BCUT2D eigenvalue weighted by molar-refractivity contribution is -0.384. The van der Waals surface area contributed by atoms with E-state index in [1.165, 1.54) is 31.2 Å². The van der Waals surface area contributed by atoms with Crippen LogP contribution in [-0.4, -0.2) is 38.3 Å². The number of carboxylic acids is 1. The first-order valence-electron chi connectivity index (χ1n) is 6.31. The SMILES string of the molecule is CC(SC1CC(=O)N(c2ccccc2[N+](=O)[O-])C1=O)C(=O)O. The third kappa shape index (κ3) is 2.93. The van der Waals surface area contributed by atoms with E-state index in [2.05, 4.69) is 0 Å². The molecule has 1 aromatic carbocycles. The number of carboxylic acid groups (broad SMARTS) is 1. The molecule has 0 bridgehead atoms. The fourth-order valence-electron chi connectivity index (χ4n) is 2.08. The Labute approximate surface area is 129 Å². The first-order chi connectivity index (χ1) is 10.3. The summed E-state index contributed by atoms with van der Waals surface area (Å²) < 4.78 is 0. The Kier molecular flexibility index (Phi) is 4.45. The minimum atomic E-state index is -1.09. The van der Waals surface area contributed by atoms with Gasteiger partial charge in [0, 0.05) is 12.5 Å². The van der Waals surface area contributed by atoms with Crippen LogP contribution in [0.1, 0.15) is 13.3 Å². The molecule has 116 valence electrons. The summed E-state index contributed by atoms with van der Waals surface area (Å²) in [4.78, 5) is 46.3. The minimum absolute atomic E-state index is 0.0893. The topological polar surface area (TPSA) is 118 Å². The largest absolute Gasteiger partial charge is 0.480 e. The molecular weight excluding hydrogens is 312 g/mol. The van der Waals surface area contributed by atoms with Crippen LogP contribution in [0, 0.1) is 10.1 Å². The van der Waals surface area contributed by atoms with Gasteiger partial charge in [0.25, 0.3) is 5.69 Å². The molecule has 2 amide bonds. The van der Waals surface area contributed by atoms with E-state index in [4.69, 9.17) is 5.11 Å². The average Bonchev–Trinajstić information content (AvgIpc) is 2.73. The van der Waals surface area contributed by atoms with Crippen molar-refractivity contribution >= 4 is 40.9 Å². The summed E-state index contributed by atoms with van der Waals surface area (Å²) in [7, 11) is 0. The second-order valence-corrected chi connectivity index (χ2v) is 6.17. The maximum Gasteiger partial charge on any atom is 0.316 e. The standard InChI is InChI=1S/C13H12N2O6S/c1-7(13(18)19)22-10-6-11(16)14(12(10)17)8-4-2-3-5-9(8)15(20)21/h2-5,7,10H,6H2,1H3,(H,18,19). The van der Waals surface area contributed by atoms with E-state index in [1.54, 1.807) is 0 Å². The van der Waals surface area contributed by atoms with Crippen molar-refractivity contribution in [2.24, 2.45) is 0 Å². The van der Waals surface area contributed by atoms with Crippen molar-refractivity contribution in [3.63, 3.8) is 0 Å². The van der Waals surface area contributed by atoms with Gasteiger partial charge >= 0.3 is 5.97 Å². The van der Waals surface area contributed by atoms with Gasteiger partial charge in [-0.1, -0.05) is 12.1 Å². The number of imide groups is 1. The van der Waals surface area contributed by atoms with Crippen molar-refractivity contribution < 1.29 is 24.4 Å². The molecule has 0 radical (unpaired) electrons. The maximum atomic E-state index is 12.3. The van der Waals surface area contributed by atoms with Crippen molar-refractivity contribution in [1.82, 2.24) is 0 Å². The molecule has 1 N–H and O–H groups in total. The molecule has 8 nitrogen and oxygen atoms in total. The van der Waals surface area contributed by atoms with Gasteiger partial charge in [-0.2, -0.15) is 0 Å². The van der Waals surface area contributed by atoms with Crippen LogP contribution in [0.4, 0.5) is 11.4 Å². The Balaban J connectivity index is 2.30. The van der Waals surface area contributed by atoms with Gasteiger partial charge in [-0.25, -0.2) is 4.90 Å². The molecular formula is C13H12N2O6S. The lowest BCUT2D eigenvalue weighted by Gasteiger charge is -2.15. The van der Waals surface area contributed by atoms with Gasteiger partial charge in [0.2, 0.25) is 11.8 Å². The fraction of sp³-hybridized carbons (Fsp3) is 0.308. The highest BCUT2D eigenvalue weighted by atomic mass is 32.2. The van der Waals surface area contributed by atoms with Gasteiger partial charge in [0.15, 0.2) is 0 Å². The molecule has 0 aromatic heterocycles. The van der Waals surface area contributed by atoms with Crippen molar-refractivity contribution in [3.8, 4) is 0 Å². The number of amides is 2. The van der Waals surface area contributed by atoms with Gasteiger partial charge in [-0.15, -0.1) is 11.8 Å². The maximum absolute atomic E-state index is 12.3. The molecule has 1 aliphatic rings. The lowest BCUT2D eigenvalue weighted by Crippen LogP contribution is -2.32. The molecule has 2 rings (SSSR count). The molecule has 0 aliphatic carbocycles. The van der Waals surface area contributed by atoms with Crippen molar-refractivity contribution in [1.29, 1.82) is 0 Å².